The van der Waals surface area contributed by atoms with Gasteiger partial charge >= 0.3 is 0 Å². The van der Waals surface area contributed by atoms with Crippen molar-refractivity contribution in [1.29, 1.82) is 0 Å². The fraction of sp³-hybridized carbons (Fsp3) is 0.611. The van der Waals surface area contributed by atoms with Crippen molar-refractivity contribution in [2.75, 3.05) is 19.6 Å². The first-order valence-corrected chi connectivity index (χ1v) is 10.3. The molecule has 1 saturated heterocycles. The van der Waals surface area contributed by atoms with E-state index in [0.717, 1.165) is 19.3 Å². The smallest absolute Gasteiger partial charge is 0.243 e. The number of nitrogens with zero attached hydrogens (tertiary/aromatic N) is 1. The van der Waals surface area contributed by atoms with E-state index in [2.05, 4.69) is 5.32 Å². The standard InChI is InChI=1S/C18H29N3O3S/c1-3-11-18(2,19)17(22)20-14-15-9-12-21(13-10-15)25(23,24)16-7-5-4-6-8-16/h4-8,15H,3,9-14,19H2,1-2H3,(H,20,22). The third-order valence-electron chi connectivity index (χ3n) is 4.79. The number of carbonyl (C=O) groups is 1. The molecule has 1 aromatic rings. The Morgan fingerprint density at radius 1 is 1.28 bits per heavy atom. The van der Waals surface area contributed by atoms with E-state index >= 15 is 0 Å². The zero-order chi connectivity index (χ0) is 18.5. The largest absolute Gasteiger partial charge is 0.354 e. The van der Waals surface area contributed by atoms with Crippen molar-refractivity contribution in [3.8, 4) is 0 Å². The van der Waals surface area contributed by atoms with Gasteiger partial charge in [-0.25, -0.2) is 8.42 Å². The number of nitrogens with two attached hydrogens (primary N) is 1. The lowest BCUT2D eigenvalue weighted by Crippen LogP contribution is -2.53. The second-order valence-corrected chi connectivity index (χ2v) is 8.98. The van der Waals surface area contributed by atoms with E-state index < -0.39 is 15.6 Å². The van der Waals surface area contributed by atoms with E-state index in [0.29, 0.717) is 31.0 Å². The Balaban J connectivity index is 1.85. The lowest BCUT2D eigenvalue weighted by atomic mass is 9.94. The van der Waals surface area contributed by atoms with Crippen molar-refractivity contribution in [3.05, 3.63) is 30.3 Å². The minimum atomic E-state index is -3.42. The van der Waals surface area contributed by atoms with Crippen LogP contribution in [0.15, 0.2) is 35.2 Å². The lowest BCUT2D eigenvalue weighted by Gasteiger charge is -2.32. The Labute approximate surface area is 150 Å². The molecule has 1 atom stereocenters. The Morgan fingerprint density at radius 3 is 2.44 bits per heavy atom. The van der Waals surface area contributed by atoms with Gasteiger partial charge in [0.1, 0.15) is 0 Å². The highest BCUT2D eigenvalue weighted by Gasteiger charge is 2.31. The number of piperidine rings is 1. The number of rotatable bonds is 7. The first-order chi connectivity index (χ1) is 11.8. The second kappa shape index (κ2) is 8.29. The van der Waals surface area contributed by atoms with Crippen LogP contribution < -0.4 is 11.1 Å². The zero-order valence-electron chi connectivity index (χ0n) is 15.1. The van der Waals surface area contributed by atoms with Crippen LogP contribution in [0.1, 0.15) is 39.5 Å². The van der Waals surface area contributed by atoms with E-state index in [4.69, 9.17) is 5.73 Å². The number of benzene rings is 1. The maximum Gasteiger partial charge on any atom is 0.243 e. The predicted octanol–water partition coefficient (Wildman–Crippen LogP) is 1.72. The molecule has 0 bridgehead atoms. The molecule has 6 nitrogen and oxygen atoms in total. The molecular weight excluding hydrogens is 338 g/mol. The normalized spacial score (nSPS) is 19.3. The van der Waals surface area contributed by atoms with Gasteiger partial charge in [0, 0.05) is 19.6 Å². The first kappa shape index (κ1) is 19.9. The van der Waals surface area contributed by atoms with Gasteiger partial charge in [-0.3, -0.25) is 4.79 Å². The highest BCUT2D eigenvalue weighted by atomic mass is 32.2. The van der Waals surface area contributed by atoms with Crippen molar-refractivity contribution in [2.24, 2.45) is 11.7 Å². The van der Waals surface area contributed by atoms with Crippen molar-refractivity contribution >= 4 is 15.9 Å². The molecule has 1 amide bonds. The summed E-state index contributed by atoms with van der Waals surface area (Å²) < 4.78 is 26.7. The highest BCUT2D eigenvalue weighted by molar-refractivity contribution is 7.89. The maximum atomic E-state index is 12.6. The molecule has 0 aromatic heterocycles. The van der Waals surface area contributed by atoms with Gasteiger partial charge in [0.05, 0.1) is 10.4 Å². The zero-order valence-corrected chi connectivity index (χ0v) is 15.9. The fourth-order valence-corrected chi connectivity index (χ4v) is 4.66. The molecule has 7 heteroatoms. The molecule has 1 unspecified atom stereocenters. The van der Waals surface area contributed by atoms with Gasteiger partial charge < -0.3 is 11.1 Å². The van der Waals surface area contributed by atoms with Crippen LogP contribution in [0.4, 0.5) is 0 Å². The van der Waals surface area contributed by atoms with Gasteiger partial charge in [-0.2, -0.15) is 4.31 Å². The first-order valence-electron chi connectivity index (χ1n) is 8.89. The molecule has 1 aliphatic rings. The lowest BCUT2D eigenvalue weighted by molar-refractivity contribution is -0.126. The van der Waals surface area contributed by atoms with E-state index in [-0.39, 0.29) is 11.8 Å². The molecular formula is C18H29N3O3S. The Kier molecular flexibility index (Phi) is 6.59. The number of carbonyl (C=O) groups excluding carboxylic acids is 1. The van der Waals surface area contributed by atoms with Gasteiger partial charge in [-0.15, -0.1) is 0 Å². The van der Waals surface area contributed by atoms with Crippen LogP contribution in [0.2, 0.25) is 0 Å². The molecule has 1 heterocycles. The van der Waals surface area contributed by atoms with E-state index in [1.165, 1.54) is 4.31 Å². The Bertz CT molecular complexity index is 666. The number of amides is 1. The van der Waals surface area contributed by atoms with E-state index in [1.54, 1.807) is 37.3 Å². The van der Waals surface area contributed by atoms with Crippen LogP contribution in [-0.2, 0) is 14.8 Å². The molecule has 0 spiro atoms. The van der Waals surface area contributed by atoms with Crippen molar-refractivity contribution in [1.82, 2.24) is 9.62 Å². The summed E-state index contributed by atoms with van der Waals surface area (Å²) in [5.41, 5.74) is 5.19. The summed E-state index contributed by atoms with van der Waals surface area (Å²) in [6.07, 6.45) is 2.98. The fourth-order valence-electron chi connectivity index (χ4n) is 3.17. The summed E-state index contributed by atoms with van der Waals surface area (Å²) in [5.74, 6) is 0.150. The molecule has 3 N–H and O–H groups in total. The van der Waals surface area contributed by atoms with Crippen LogP contribution in [-0.4, -0.2) is 43.8 Å². The third-order valence-corrected chi connectivity index (χ3v) is 6.71. The second-order valence-electron chi connectivity index (χ2n) is 7.04. The molecule has 1 aromatic carbocycles. The average molecular weight is 368 g/mol. The number of hydrogen-bond donors (Lipinski definition) is 2. The minimum Gasteiger partial charge on any atom is -0.354 e. The van der Waals surface area contributed by atoms with Gasteiger partial charge in [-0.1, -0.05) is 31.5 Å². The minimum absolute atomic E-state index is 0.131. The molecule has 0 saturated carbocycles. The summed E-state index contributed by atoms with van der Waals surface area (Å²) in [7, 11) is -3.42. The summed E-state index contributed by atoms with van der Waals surface area (Å²) in [6, 6.07) is 8.51. The van der Waals surface area contributed by atoms with Crippen molar-refractivity contribution in [3.63, 3.8) is 0 Å². The molecule has 140 valence electrons. The summed E-state index contributed by atoms with van der Waals surface area (Å²) in [6.45, 7) is 5.26. The Morgan fingerprint density at radius 2 is 1.88 bits per heavy atom. The van der Waals surface area contributed by atoms with E-state index in [1.807, 2.05) is 6.92 Å². The van der Waals surface area contributed by atoms with Crippen molar-refractivity contribution in [2.45, 2.75) is 50.0 Å². The van der Waals surface area contributed by atoms with Gasteiger partial charge in [-0.05, 0) is 44.2 Å². The quantitative estimate of drug-likeness (QED) is 0.767. The molecule has 0 aliphatic carbocycles. The number of hydrogen-bond acceptors (Lipinski definition) is 4. The van der Waals surface area contributed by atoms with Crippen LogP contribution in [0.5, 0.6) is 0 Å². The monoisotopic (exact) mass is 367 g/mol. The number of sulfonamides is 1. The van der Waals surface area contributed by atoms with Crippen molar-refractivity contribution < 1.29 is 13.2 Å². The van der Waals surface area contributed by atoms with Crippen LogP contribution in [0.3, 0.4) is 0 Å². The van der Waals surface area contributed by atoms with Crippen LogP contribution in [0.25, 0.3) is 0 Å². The average Bonchev–Trinajstić information content (AvgIpc) is 2.60. The predicted molar refractivity (Wildman–Crippen MR) is 98.4 cm³/mol. The maximum absolute atomic E-state index is 12.6. The van der Waals surface area contributed by atoms with E-state index in [9.17, 15) is 13.2 Å². The van der Waals surface area contributed by atoms with Gasteiger partial charge in [0.2, 0.25) is 15.9 Å². The molecule has 2 rings (SSSR count). The van der Waals surface area contributed by atoms with Gasteiger partial charge in [0.15, 0.2) is 0 Å². The van der Waals surface area contributed by atoms with Crippen LogP contribution >= 0.6 is 0 Å². The molecule has 25 heavy (non-hydrogen) atoms. The molecule has 0 radical (unpaired) electrons. The summed E-state index contributed by atoms with van der Waals surface area (Å²) in [4.78, 5) is 12.5. The topological polar surface area (TPSA) is 92.5 Å². The Hall–Kier alpha value is -1.44. The SMILES string of the molecule is CCCC(C)(N)C(=O)NCC1CCN(S(=O)(=O)c2ccccc2)CC1. The van der Waals surface area contributed by atoms with Gasteiger partial charge in [0.25, 0.3) is 0 Å². The molecule has 1 fully saturated rings. The number of nitrogens with one attached hydrogen (secondary N) is 1. The summed E-state index contributed by atoms with van der Waals surface area (Å²) >= 11 is 0. The molecule has 1 aliphatic heterocycles. The summed E-state index contributed by atoms with van der Waals surface area (Å²) in [5, 5.41) is 2.93. The van der Waals surface area contributed by atoms with Crippen LogP contribution in [0, 0.1) is 5.92 Å². The third kappa shape index (κ3) is 5.03. The highest BCUT2D eigenvalue weighted by Crippen LogP contribution is 2.23.